The van der Waals surface area contributed by atoms with Gasteiger partial charge in [0.25, 0.3) is 0 Å². The first-order valence-corrected chi connectivity index (χ1v) is 7.53. The molecule has 7 heteroatoms. The fourth-order valence-corrected chi connectivity index (χ4v) is 2.64. The van der Waals surface area contributed by atoms with Crippen LogP contribution >= 0.6 is 0 Å². The zero-order valence-corrected chi connectivity index (χ0v) is 14.1. The van der Waals surface area contributed by atoms with Crippen molar-refractivity contribution in [2.75, 3.05) is 13.7 Å². The number of nitrogens with one attached hydrogen (secondary N) is 1. The molecule has 1 aromatic rings. The Hall–Kier alpha value is -2.83. The molecule has 1 heterocycles. The Labute approximate surface area is 140 Å². The van der Waals surface area contributed by atoms with Crippen molar-refractivity contribution in [2.24, 2.45) is 0 Å². The van der Waals surface area contributed by atoms with Crippen molar-refractivity contribution in [1.82, 2.24) is 10.2 Å². The maximum atomic E-state index is 12.4. The van der Waals surface area contributed by atoms with E-state index in [1.807, 2.05) is 0 Å². The molecule has 0 saturated carbocycles. The van der Waals surface area contributed by atoms with E-state index in [-0.39, 0.29) is 12.2 Å². The summed E-state index contributed by atoms with van der Waals surface area (Å²) < 4.78 is 10.2. The highest BCUT2D eigenvalue weighted by Gasteiger charge is 2.40. The number of rotatable bonds is 4. The van der Waals surface area contributed by atoms with Crippen LogP contribution in [0.15, 0.2) is 35.5 Å². The zero-order chi connectivity index (χ0) is 17.9. The van der Waals surface area contributed by atoms with Crippen molar-refractivity contribution in [3.05, 3.63) is 41.1 Å². The van der Waals surface area contributed by atoms with E-state index in [2.05, 4.69) is 5.32 Å². The summed E-state index contributed by atoms with van der Waals surface area (Å²) in [5.41, 5.74) is 1.22. The lowest BCUT2D eigenvalue weighted by Crippen LogP contribution is -2.50. The van der Waals surface area contributed by atoms with E-state index in [4.69, 9.17) is 9.47 Å². The molecule has 0 radical (unpaired) electrons. The van der Waals surface area contributed by atoms with Gasteiger partial charge in [-0.2, -0.15) is 0 Å². The average molecular weight is 332 g/mol. The van der Waals surface area contributed by atoms with Crippen LogP contribution in [0.4, 0.5) is 4.79 Å². The van der Waals surface area contributed by atoms with Crippen LogP contribution < -0.4 is 10.1 Å². The topological polar surface area (TPSA) is 84.9 Å². The second-order valence-corrected chi connectivity index (χ2v) is 5.25. The molecule has 0 aromatic heterocycles. The summed E-state index contributed by atoms with van der Waals surface area (Å²) in [6, 6.07) is 5.42. The van der Waals surface area contributed by atoms with Gasteiger partial charge in [-0.05, 0) is 31.5 Å². The smallest absolute Gasteiger partial charge is 0.338 e. The molecule has 0 fully saturated rings. The normalized spacial score (nSPS) is 17.4. The minimum absolute atomic E-state index is 0.193. The van der Waals surface area contributed by atoms with Crippen LogP contribution in [0.2, 0.25) is 0 Å². The van der Waals surface area contributed by atoms with Crippen LogP contribution in [0, 0.1) is 0 Å². The molecule has 1 atom stereocenters. The van der Waals surface area contributed by atoms with Crippen molar-refractivity contribution in [3.8, 4) is 5.75 Å². The predicted molar refractivity (Wildman–Crippen MR) is 86.1 cm³/mol. The lowest BCUT2D eigenvalue weighted by Gasteiger charge is -2.35. The van der Waals surface area contributed by atoms with Gasteiger partial charge in [0.1, 0.15) is 11.8 Å². The third-order valence-corrected chi connectivity index (χ3v) is 3.72. The molecule has 0 spiro atoms. The number of amides is 3. The van der Waals surface area contributed by atoms with Gasteiger partial charge in [-0.3, -0.25) is 9.69 Å². The predicted octanol–water partition coefficient (Wildman–Crippen LogP) is 2.15. The fraction of sp³-hybridized carbons (Fsp3) is 0.353. The highest BCUT2D eigenvalue weighted by molar-refractivity contribution is 6.01. The van der Waals surface area contributed by atoms with Crippen LogP contribution in [0.1, 0.15) is 32.4 Å². The molecule has 3 amide bonds. The Balaban J connectivity index is 2.58. The first-order chi connectivity index (χ1) is 11.4. The molecule has 0 bridgehead atoms. The molecule has 0 unspecified atom stereocenters. The first-order valence-electron chi connectivity index (χ1n) is 7.53. The number of hydrogen-bond donors (Lipinski definition) is 1. The standard InChI is InChI=1S/C17H20N2O5/c1-5-24-16(21)14-10(2)18-17(22)19(11(3)20)15(14)12-6-8-13(23-4)9-7-12/h6-9,15H,5H2,1-4H3,(H,18,22)/t15-/m1/s1. The molecule has 0 saturated heterocycles. The minimum Gasteiger partial charge on any atom is -0.497 e. The van der Waals surface area contributed by atoms with Gasteiger partial charge in [-0.25, -0.2) is 9.59 Å². The molecule has 1 N–H and O–H groups in total. The van der Waals surface area contributed by atoms with E-state index in [0.717, 1.165) is 4.90 Å². The monoisotopic (exact) mass is 332 g/mol. The van der Waals surface area contributed by atoms with Crippen molar-refractivity contribution in [3.63, 3.8) is 0 Å². The molecule has 7 nitrogen and oxygen atoms in total. The van der Waals surface area contributed by atoms with Gasteiger partial charge in [0.15, 0.2) is 0 Å². The number of benzene rings is 1. The minimum atomic E-state index is -0.846. The number of urea groups is 1. The molecule has 128 valence electrons. The van der Waals surface area contributed by atoms with Crippen molar-refractivity contribution >= 4 is 17.9 Å². The Bertz CT molecular complexity index is 693. The van der Waals surface area contributed by atoms with Gasteiger partial charge in [0, 0.05) is 12.6 Å². The number of carbonyl (C=O) groups excluding carboxylic acids is 3. The van der Waals surface area contributed by atoms with E-state index in [1.54, 1.807) is 45.2 Å². The lowest BCUT2D eigenvalue weighted by molar-refractivity contribution is -0.139. The van der Waals surface area contributed by atoms with E-state index < -0.39 is 23.9 Å². The van der Waals surface area contributed by atoms with E-state index >= 15 is 0 Å². The SMILES string of the molecule is CCOC(=O)C1=C(C)NC(=O)N(C(C)=O)[C@@H]1c1ccc(OC)cc1. The Morgan fingerprint density at radius 1 is 1.25 bits per heavy atom. The summed E-state index contributed by atoms with van der Waals surface area (Å²) in [4.78, 5) is 37.7. The number of hydrogen-bond acceptors (Lipinski definition) is 5. The highest BCUT2D eigenvalue weighted by atomic mass is 16.5. The summed E-state index contributed by atoms with van der Waals surface area (Å²) in [6.07, 6.45) is 0. The number of allylic oxidation sites excluding steroid dienone is 1. The van der Waals surface area contributed by atoms with Gasteiger partial charge < -0.3 is 14.8 Å². The van der Waals surface area contributed by atoms with Gasteiger partial charge in [-0.15, -0.1) is 0 Å². The zero-order valence-electron chi connectivity index (χ0n) is 14.1. The summed E-state index contributed by atoms with van der Waals surface area (Å²) in [7, 11) is 1.54. The summed E-state index contributed by atoms with van der Waals surface area (Å²) >= 11 is 0. The van der Waals surface area contributed by atoms with Crippen LogP contribution in [0.5, 0.6) is 5.75 Å². The maximum Gasteiger partial charge on any atom is 0.338 e. The summed E-state index contributed by atoms with van der Waals surface area (Å²) in [5.74, 6) is -0.406. The molecule has 0 aliphatic carbocycles. The second kappa shape index (κ2) is 7.16. The molecule has 1 aliphatic rings. The number of methoxy groups -OCH3 is 1. The van der Waals surface area contributed by atoms with Gasteiger partial charge in [-0.1, -0.05) is 12.1 Å². The van der Waals surface area contributed by atoms with Gasteiger partial charge >= 0.3 is 12.0 Å². The Morgan fingerprint density at radius 2 is 1.88 bits per heavy atom. The van der Waals surface area contributed by atoms with Crippen LogP contribution in [-0.2, 0) is 14.3 Å². The largest absolute Gasteiger partial charge is 0.497 e. The summed E-state index contributed by atoms with van der Waals surface area (Å²) in [5, 5.41) is 2.54. The Morgan fingerprint density at radius 3 is 2.38 bits per heavy atom. The second-order valence-electron chi connectivity index (χ2n) is 5.25. The maximum absolute atomic E-state index is 12.4. The third kappa shape index (κ3) is 3.24. The Kier molecular flexibility index (Phi) is 5.23. The van der Waals surface area contributed by atoms with Gasteiger partial charge in [0.2, 0.25) is 5.91 Å². The number of imide groups is 1. The highest BCUT2D eigenvalue weighted by Crippen LogP contribution is 2.35. The van der Waals surface area contributed by atoms with Crippen molar-refractivity contribution in [2.45, 2.75) is 26.8 Å². The van der Waals surface area contributed by atoms with E-state index in [0.29, 0.717) is 17.0 Å². The van der Waals surface area contributed by atoms with Crippen molar-refractivity contribution < 1.29 is 23.9 Å². The number of carbonyl (C=O) groups is 3. The van der Waals surface area contributed by atoms with E-state index in [9.17, 15) is 14.4 Å². The first kappa shape index (κ1) is 17.5. The molecular weight excluding hydrogens is 312 g/mol. The van der Waals surface area contributed by atoms with Crippen LogP contribution in [0.3, 0.4) is 0 Å². The molecule has 1 aliphatic heterocycles. The number of nitrogens with zero attached hydrogens (tertiary/aromatic N) is 1. The summed E-state index contributed by atoms with van der Waals surface area (Å²) in [6.45, 7) is 4.77. The van der Waals surface area contributed by atoms with Crippen LogP contribution in [0.25, 0.3) is 0 Å². The number of ether oxygens (including phenoxy) is 2. The third-order valence-electron chi connectivity index (χ3n) is 3.72. The molecular formula is C17H20N2O5. The molecule has 24 heavy (non-hydrogen) atoms. The lowest BCUT2D eigenvalue weighted by atomic mass is 9.93. The van der Waals surface area contributed by atoms with Crippen molar-refractivity contribution in [1.29, 1.82) is 0 Å². The average Bonchev–Trinajstić information content (AvgIpc) is 2.53. The fourth-order valence-electron chi connectivity index (χ4n) is 2.64. The van der Waals surface area contributed by atoms with E-state index in [1.165, 1.54) is 6.92 Å². The number of esters is 1. The molecule has 1 aromatic carbocycles. The van der Waals surface area contributed by atoms with Gasteiger partial charge in [0.05, 0.1) is 19.3 Å². The molecule has 2 rings (SSSR count). The quantitative estimate of drug-likeness (QED) is 0.854. The van der Waals surface area contributed by atoms with Crippen LogP contribution in [-0.4, -0.2) is 36.5 Å².